The first-order valence-electron chi connectivity index (χ1n) is 9.58. The maximum Gasteiger partial charge on any atom is 0.242 e. The first-order valence-corrected chi connectivity index (χ1v) is 11.5. The molecule has 0 spiro atoms. The van der Waals surface area contributed by atoms with E-state index in [1.165, 1.54) is 11.8 Å². The van der Waals surface area contributed by atoms with Gasteiger partial charge < -0.3 is 15.0 Å². The molecule has 2 rings (SSSR count). The fourth-order valence-corrected chi connectivity index (χ4v) is 4.47. The summed E-state index contributed by atoms with van der Waals surface area (Å²) in [6.07, 6.45) is 0. The average molecular weight is 469 g/mol. The molecule has 2 aromatic rings. The number of thioether (sulfide) groups is 1. The van der Waals surface area contributed by atoms with Gasteiger partial charge in [-0.15, -0.1) is 11.8 Å². The fraction of sp³-hybridized carbons (Fsp3) is 0.364. The van der Waals surface area contributed by atoms with Crippen molar-refractivity contribution in [1.29, 1.82) is 0 Å². The Kier molecular flexibility index (Phi) is 9.82. The first kappa shape index (κ1) is 24.4. The minimum absolute atomic E-state index is 0.127. The smallest absolute Gasteiger partial charge is 0.242 e. The monoisotopic (exact) mass is 468 g/mol. The van der Waals surface area contributed by atoms with E-state index in [-0.39, 0.29) is 17.6 Å². The summed E-state index contributed by atoms with van der Waals surface area (Å²) in [6.45, 7) is 4.42. The lowest BCUT2D eigenvalue weighted by molar-refractivity contribution is -0.138. The summed E-state index contributed by atoms with van der Waals surface area (Å²) >= 11 is 13.8. The molecule has 1 atom stereocenters. The molecule has 2 aromatic carbocycles. The summed E-state index contributed by atoms with van der Waals surface area (Å²) in [6, 6.07) is 12.2. The third kappa shape index (κ3) is 6.83. The molecule has 0 aliphatic rings. The van der Waals surface area contributed by atoms with Gasteiger partial charge in [-0.2, -0.15) is 0 Å². The van der Waals surface area contributed by atoms with E-state index < -0.39 is 6.04 Å². The highest BCUT2D eigenvalue weighted by Gasteiger charge is 2.25. The second kappa shape index (κ2) is 12.1. The van der Waals surface area contributed by atoms with Crippen molar-refractivity contribution in [2.75, 3.05) is 19.4 Å². The number of nitrogens with zero attached hydrogens (tertiary/aromatic N) is 1. The maximum absolute atomic E-state index is 13.0. The van der Waals surface area contributed by atoms with E-state index in [1.54, 1.807) is 37.1 Å². The molecule has 8 heteroatoms. The Morgan fingerprint density at radius 1 is 1.13 bits per heavy atom. The van der Waals surface area contributed by atoms with Crippen LogP contribution in [0.1, 0.15) is 25.0 Å². The van der Waals surface area contributed by atoms with Crippen LogP contribution >= 0.6 is 35.0 Å². The van der Waals surface area contributed by atoms with Crippen LogP contribution in [-0.4, -0.2) is 42.2 Å². The molecule has 2 amide bonds. The van der Waals surface area contributed by atoms with Gasteiger partial charge in [0.2, 0.25) is 11.8 Å². The number of benzene rings is 2. The molecule has 162 valence electrons. The Morgan fingerprint density at radius 3 is 2.33 bits per heavy atom. The van der Waals surface area contributed by atoms with Crippen LogP contribution in [0, 0.1) is 0 Å². The number of hydrogen-bond donors (Lipinski definition) is 1. The zero-order valence-corrected chi connectivity index (χ0v) is 19.6. The lowest BCUT2D eigenvalue weighted by Crippen LogP contribution is -2.48. The molecule has 0 saturated heterocycles. The van der Waals surface area contributed by atoms with Crippen molar-refractivity contribution in [3.05, 3.63) is 63.6 Å². The molecule has 0 radical (unpaired) electrons. The van der Waals surface area contributed by atoms with Crippen LogP contribution < -0.4 is 10.1 Å². The van der Waals surface area contributed by atoms with E-state index in [1.807, 2.05) is 31.2 Å². The molecule has 1 N–H and O–H groups in total. The predicted octanol–water partition coefficient (Wildman–Crippen LogP) is 4.79. The minimum atomic E-state index is -0.593. The van der Waals surface area contributed by atoms with E-state index in [9.17, 15) is 9.59 Å². The van der Waals surface area contributed by atoms with Crippen LogP contribution in [0.4, 0.5) is 0 Å². The molecular weight excluding hydrogens is 443 g/mol. The van der Waals surface area contributed by atoms with Crippen LogP contribution in [0.3, 0.4) is 0 Å². The van der Waals surface area contributed by atoms with Gasteiger partial charge in [0.1, 0.15) is 11.8 Å². The Morgan fingerprint density at radius 2 is 1.77 bits per heavy atom. The van der Waals surface area contributed by atoms with Crippen LogP contribution in [-0.2, 0) is 21.9 Å². The summed E-state index contributed by atoms with van der Waals surface area (Å²) in [7, 11) is 1.60. The summed E-state index contributed by atoms with van der Waals surface area (Å²) in [4.78, 5) is 27.0. The first-order chi connectivity index (χ1) is 14.4. The zero-order chi connectivity index (χ0) is 22.1. The SMILES string of the molecule is CCNC(=O)[C@H](C)N(Cc1ccc(OC)cc1)C(=O)CSCc1c(Cl)cccc1Cl. The van der Waals surface area contributed by atoms with Gasteiger partial charge in [0.25, 0.3) is 0 Å². The minimum Gasteiger partial charge on any atom is -0.497 e. The van der Waals surface area contributed by atoms with Gasteiger partial charge in [-0.1, -0.05) is 41.4 Å². The van der Waals surface area contributed by atoms with E-state index in [2.05, 4.69) is 5.32 Å². The second-order valence-corrected chi connectivity index (χ2v) is 8.43. The Hall–Kier alpha value is -1.89. The van der Waals surface area contributed by atoms with Gasteiger partial charge in [0.05, 0.1) is 12.9 Å². The molecule has 30 heavy (non-hydrogen) atoms. The van der Waals surface area contributed by atoms with Crippen molar-refractivity contribution < 1.29 is 14.3 Å². The molecule has 5 nitrogen and oxygen atoms in total. The molecule has 0 aliphatic carbocycles. The van der Waals surface area contributed by atoms with Gasteiger partial charge in [-0.05, 0) is 49.2 Å². The Labute approximate surface area is 192 Å². The van der Waals surface area contributed by atoms with Gasteiger partial charge in [-0.3, -0.25) is 9.59 Å². The number of rotatable bonds is 10. The van der Waals surface area contributed by atoms with E-state index in [0.29, 0.717) is 28.9 Å². The third-order valence-electron chi connectivity index (χ3n) is 4.56. The number of hydrogen-bond acceptors (Lipinski definition) is 4. The Balaban J connectivity index is 2.09. The second-order valence-electron chi connectivity index (χ2n) is 6.63. The number of carbonyl (C=O) groups is 2. The highest BCUT2D eigenvalue weighted by molar-refractivity contribution is 7.99. The molecule has 0 fully saturated rings. The molecule has 0 heterocycles. The van der Waals surface area contributed by atoms with E-state index in [4.69, 9.17) is 27.9 Å². The highest BCUT2D eigenvalue weighted by atomic mass is 35.5. The summed E-state index contributed by atoms with van der Waals surface area (Å²) in [5, 5.41) is 3.94. The van der Waals surface area contributed by atoms with Gasteiger partial charge in [0, 0.05) is 28.9 Å². The number of ether oxygens (including phenoxy) is 1. The molecular formula is C22H26Cl2N2O3S. The summed E-state index contributed by atoms with van der Waals surface area (Å²) in [5.41, 5.74) is 1.72. The fourth-order valence-electron chi connectivity index (χ4n) is 2.83. The maximum atomic E-state index is 13.0. The van der Waals surface area contributed by atoms with Crippen molar-refractivity contribution in [1.82, 2.24) is 10.2 Å². The molecule has 0 saturated carbocycles. The molecule has 0 bridgehead atoms. The standard InChI is InChI=1S/C22H26Cl2N2O3S/c1-4-25-22(28)15(2)26(12-16-8-10-17(29-3)11-9-16)21(27)14-30-13-18-19(23)6-5-7-20(18)24/h5-11,15H,4,12-14H2,1-3H3,(H,25,28)/t15-/m0/s1. The Bertz CT molecular complexity index is 842. The quantitative estimate of drug-likeness (QED) is 0.544. The van der Waals surface area contributed by atoms with Crippen LogP contribution in [0.2, 0.25) is 10.0 Å². The van der Waals surface area contributed by atoms with Crippen LogP contribution in [0.15, 0.2) is 42.5 Å². The van der Waals surface area contributed by atoms with Gasteiger partial charge in [-0.25, -0.2) is 0 Å². The van der Waals surface area contributed by atoms with Crippen molar-refractivity contribution >= 4 is 46.8 Å². The summed E-state index contributed by atoms with van der Waals surface area (Å²) in [5.74, 6) is 1.15. The largest absolute Gasteiger partial charge is 0.497 e. The number of likely N-dealkylation sites (N-methyl/N-ethyl adjacent to an activating group) is 1. The van der Waals surface area contributed by atoms with Crippen molar-refractivity contribution in [3.63, 3.8) is 0 Å². The number of methoxy groups -OCH3 is 1. The van der Waals surface area contributed by atoms with Gasteiger partial charge >= 0.3 is 0 Å². The van der Waals surface area contributed by atoms with Gasteiger partial charge in [0.15, 0.2) is 0 Å². The van der Waals surface area contributed by atoms with Crippen LogP contribution in [0.5, 0.6) is 5.75 Å². The highest BCUT2D eigenvalue weighted by Crippen LogP contribution is 2.28. The molecule has 0 unspecified atom stereocenters. The van der Waals surface area contributed by atoms with E-state index >= 15 is 0 Å². The number of carbonyl (C=O) groups excluding carboxylic acids is 2. The average Bonchev–Trinajstić information content (AvgIpc) is 2.74. The van der Waals surface area contributed by atoms with E-state index in [0.717, 1.165) is 16.9 Å². The third-order valence-corrected chi connectivity index (χ3v) is 6.22. The number of nitrogens with one attached hydrogen (secondary N) is 1. The number of amides is 2. The number of halogens is 2. The van der Waals surface area contributed by atoms with Crippen molar-refractivity contribution in [2.45, 2.75) is 32.2 Å². The zero-order valence-electron chi connectivity index (χ0n) is 17.3. The lowest BCUT2D eigenvalue weighted by Gasteiger charge is -2.28. The lowest BCUT2D eigenvalue weighted by atomic mass is 10.1. The van der Waals surface area contributed by atoms with Crippen molar-refractivity contribution in [3.8, 4) is 5.75 Å². The summed E-state index contributed by atoms with van der Waals surface area (Å²) < 4.78 is 5.18. The van der Waals surface area contributed by atoms with Crippen LogP contribution in [0.25, 0.3) is 0 Å². The topological polar surface area (TPSA) is 58.6 Å². The van der Waals surface area contributed by atoms with Crippen molar-refractivity contribution in [2.24, 2.45) is 0 Å². The molecule has 0 aromatic heterocycles. The molecule has 0 aliphatic heterocycles. The normalized spacial score (nSPS) is 11.6. The predicted molar refractivity (Wildman–Crippen MR) is 124 cm³/mol.